The number of ketones is 6. The number of allylic oxidation sites excluding steroid dienone is 12. The largest absolute Gasteiger partial charge is 0.289 e. The first kappa shape index (κ1) is 21.8. The van der Waals surface area contributed by atoms with Crippen LogP contribution in [0.3, 0.4) is 0 Å². The van der Waals surface area contributed by atoms with Gasteiger partial charge in [-0.05, 0) is 68.9 Å². The van der Waals surface area contributed by atoms with Gasteiger partial charge in [-0.2, -0.15) is 0 Å². The molecule has 0 heterocycles. The van der Waals surface area contributed by atoms with Crippen LogP contribution in [0.2, 0.25) is 0 Å². The molecule has 0 fully saturated rings. The van der Waals surface area contributed by atoms with E-state index in [1.165, 1.54) is 24.3 Å². The first-order chi connectivity index (χ1) is 19.4. The Bertz CT molecular complexity index is 1740. The van der Waals surface area contributed by atoms with E-state index < -0.39 is 46.8 Å². The van der Waals surface area contributed by atoms with E-state index in [1.807, 2.05) is 48.5 Å². The molecular formula is C34H16O6. The van der Waals surface area contributed by atoms with Gasteiger partial charge in [-0.15, -0.1) is 0 Å². The van der Waals surface area contributed by atoms with Crippen molar-refractivity contribution in [2.45, 2.75) is 23.7 Å². The van der Waals surface area contributed by atoms with Gasteiger partial charge in [0, 0.05) is 46.0 Å². The second-order valence-electron chi connectivity index (χ2n) is 11.2. The maximum absolute atomic E-state index is 14.7. The van der Waals surface area contributed by atoms with Gasteiger partial charge >= 0.3 is 0 Å². The van der Waals surface area contributed by atoms with Crippen LogP contribution in [-0.4, -0.2) is 34.7 Å². The van der Waals surface area contributed by atoms with Gasteiger partial charge in [-0.25, -0.2) is 0 Å². The Kier molecular flexibility index (Phi) is 3.76. The number of Topliss-reactive ketones (excluding diaryl/α,β-unsaturated/α-hetero) is 2. The van der Waals surface area contributed by atoms with Gasteiger partial charge in [0.25, 0.3) is 0 Å². The lowest BCUT2D eigenvalue weighted by Crippen LogP contribution is -2.46. The summed E-state index contributed by atoms with van der Waals surface area (Å²) in [5.41, 5.74) is 7.19. The summed E-state index contributed by atoms with van der Waals surface area (Å²) >= 11 is 0. The minimum atomic E-state index is -0.653. The second kappa shape index (κ2) is 6.90. The average Bonchev–Trinajstić information content (AvgIpc) is 2.96. The fourth-order valence-electron chi connectivity index (χ4n) is 8.10. The number of hydrogen-bond acceptors (Lipinski definition) is 6. The minimum absolute atomic E-state index is 0.271. The van der Waals surface area contributed by atoms with Gasteiger partial charge < -0.3 is 0 Å². The summed E-state index contributed by atoms with van der Waals surface area (Å²) in [6.07, 6.45) is 5.31. The van der Waals surface area contributed by atoms with E-state index >= 15 is 0 Å². The fraction of sp³-hybridized carbons (Fsp3) is 0.118. The van der Waals surface area contributed by atoms with Gasteiger partial charge in [0.2, 0.25) is 23.1 Å². The van der Waals surface area contributed by atoms with Crippen LogP contribution in [0.4, 0.5) is 0 Å². The highest BCUT2D eigenvalue weighted by Gasteiger charge is 2.59. The van der Waals surface area contributed by atoms with Crippen molar-refractivity contribution >= 4 is 34.7 Å². The standard InChI is InChI=1S/C34H16O6/c35-21-9-17-18(10-22(21)36)26-14-6-2-1-5-13(14)25(17)29-30(26)34(40)32-28-16-8-4-3-7-15(16)27(31(32)33(29)39)19-11-23(37)24(38)12-20(19)28/h1-12,25-28H/t25-,26?,27+,28?. The van der Waals surface area contributed by atoms with Crippen LogP contribution in [0.25, 0.3) is 0 Å². The Labute approximate surface area is 226 Å². The van der Waals surface area contributed by atoms with Crippen LogP contribution in [-0.2, 0) is 28.8 Å². The summed E-state index contributed by atoms with van der Waals surface area (Å²) in [6, 6.07) is 15.1. The van der Waals surface area contributed by atoms with E-state index in [-0.39, 0.29) is 11.6 Å². The molecule has 6 heteroatoms. The molecule has 9 aliphatic rings. The molecule has 0 saturated heterocycles. The molecule has 4 bridgehead atoms. The van der Waals surface area contributed by atoms with Crippen molar-refractivity contribution in [1.29, 1.82) is 0 Å². The van der Waals surface area contributed by atoms with Crippen LogP contribution < -0.4 is 0 Å². The van der Waals surface area contributed by atoms with Crippen LogP contribution in [0.5, 0.6) is 0 Å². The predicted molar refractivity (Wildman–Crippen MR) is 140 cm³/mol. The highest BCUT2D eigenvalue weighted by atomic mass is 16.2. The summed E-state index contributed by atoms with van der Waals surface area (Å²) in [5.74, 6) is -5.73. The molecule has 9 aliphatic carbocycles. The molecule has 0 amide bonds. The molecular weight excluding hydrogens is 504 g/mol. The highest BCUT2D eigenvalue weighted by molar-refractivity contribution is 6.48. The van der Waals surface area contributed by atoms with Crippen molar-refractivity contribution in [3.8, 4) is 0 Å². The molecule has 40 heavy (non-hydrogen) atoms. The number of benzene rings is 2. The Hall–Kier alpha value is -5.10. The Balaban J connectivity index is 1.35. The smallest absolute Gasteiger partial charge is 0.226 e. The lowest BCUT2D eigenvalue weighted by molar-refractivity contribution is -0.131. The van der Waals surface area contributed by atoms with E-state index in [0.29, 0.717) is 44.6 Å². The number of hydrogen-bond donors (Lipinski definition) is 0. The number of carbonyl (C=O) groups is 6. The van der Waals surface area contributed by atoms with Crippen LogP contribution >= 0.6 is 0 Å². The molecule has 11 rings (SSSR count). The lowest BCUT2D eigenvalue weighted by Gasteiger charge is -2.51. The minimum Gasteiger partial charge on any atom is -0.289 e. The van der Waals surface area contributed by atoms with E-state index in [4.69, 9.17) is 0 Å². The van der Waals surface area contributed by atoms with Crippen molar-refractivity contribution in [2.75, 3.05) is 0 Å². The average molecular weight is 520 g/mol. The Morgan fingerprint density at radius 2 is 0.575 bits per heavy atom. The quantitative estimate of drug-likeness (QED) is 0.299. The summed E-state index contributed by atoms with van der Waals surface area (Å²) in [5, 5.41) is 0. The van der Waals surface area contributed by atoms with Gasteiger partial charge in [-0.3, -0.25) is 28.8 Å². The van der Waals surface area contributed by atoms with E-state index in [1.54, 1.807) is 0 Å². The summed E-state index contributed by atoms with van der Waals surface area (Å²) < 4.78 is 0. The molecule has 0 N–H and O–H groups in total. The first-order valence-corrected chi connectivity index (χ1v) is 13.2. The third-order valence-electron chi connectivity index (χ3n) is 9.49. The van der Waals surface area contributed by atoms with Crippen molar-refractivity contribution in [3.63, 3.8) is 0 Å². The zero-order valence-electron chi connectivity index (χ0n) is 20.7. The predicted octanol–water partition coefficient (Wildman–Crippen LogP) is 3.53. The van der Waals surface area contributed by atoms with Crippen molar-refractivity contribution in [2.24, 2.45) is 0 Å². The molecule has 4 atom stereocenters. The third kappa shape index (κ3) is 2.29. The second-order valence-corrected chi connectivity index (χ2v) is 11.2. The number of carbonyl (C=O) groups excluding carboxylic acids is 6. The molecule has 0 spiro atoms. The van der Waals surface area contributed by atoms with Gasteiger partial charge in [0.05, 0.1) is 0 Å². The Morgan fingerprint density at radius 3 is 0.800 bits per heavy atom. The molecule has 2 aromatic rings. The molecule has 0 aromatic heterocycles. The molecule has 0 aliphatic heterocycles. The van der Waals surface area contributed by atoms with Gasteiger partial charge in [0.1, 0.15) is 0 Å². The zero-order chi connectivity index (χ0) is 27.2. The lowest BCUT2D eigenvalue weighted by atomic mass is 9.49. The van der Waals surface area contributed by atoms with Crippen LogP contribution in [0.15, 0.2) is 117 Å². The first-order valence-electron chi connectivity index (χ1n) is 13.2. The van der Waals surface area contributed by atoms with Crippen molar-refractivity contribution < 1.29 is 28.8 Å². The summed E-state index contributed by atoms with van der Waals surface area (Å²) in [4.78, 5) is 79.5. The Morgan fingerprint density at radius 1 is 0.350 bits per heavy atom. The molecule has 188 valence electrons. The SMILES string of the molecule is O=C1C=C2C(=CC1=O)[C@@H]1C3=C(C(=O)C4=C(C3=O)[C@@H]3C5=CC(=O)C(=O)C=C5C4c4ccccc43)C2c2ccccc21. The zero-order valence-corrected chi connectivity index (χ0v) is 20.7. The van der Waals surface area contributed by atoms with Gasteiger partial charge in [0.15, 0.2) is 11.6 Å². The fourth-order valence-corrected chi connectivity index (χ4v) is 8.10. The van der Waals surface area contributed by atoms with Crippen molar-refractivity contribution in [3.05, 3.63) is 140 Å². The van der Waals surface area contributed by atoms with E-state index in [0.717, 1.165) is 22.3 Å². The highest BCUT2D eigenvalue weighted by Crippen LogP contribution is 2.66. The molecule has 0 saturated carbocycles. The molecule has 0 radical (unpaired) electrons. The van der Waals surface area contributed by atoms with Crippen LogP contribution in [0, 0.1) is 0 Å². The topological polar surface area (TPSA) is 102 Å². The monoisotopic (exact) mass is 520 g/mol. The summed E-state index contributed by atoms with van der Waals surface area (Å²) in [7, 11) is 0. The molecule has 2 unspecified atom stereocenters. The van der Waals surface area contributed by atoms with Crippen LogP contribution in [0.1, 0.15) is 45.9 Å². The molecule has 6 nitrogen and oxygen atoms in total. The normalized spacial score (nSPS) is 28.7. The summed E-state index contributed by atoms with van der Waals surface area (Å²) in [6.45, 7) is 0. The third-order valence-corrected chi connectivity index (χ3v) is 9.49. The maximum atomic E-state index is 14.7. The van der Waals surface area contributed by atoms with E-state index in [2.05, 4.69) is 0 Å². The molecule has 2 aromatic carbocycles. The number of rotatable bonds is 0. The van der Waals surface area contributed by atoms with E-state index in [9.17, 15) is 28.8 Å². The maximum Gasteiger partial charge on any atom is 0.226 e. The van der Waals surface area contributed by atoms with Gasteiger partial charge in [-0.1, -0.05) is 48.5 Å². The van der Waals surface area contributed by atoms with Crippen molar-refractivity contribution in [1.82, 2.24) is 0 Å².